The molecule has 1 aromatic rings. The fourth-order valence-corrected chi connectivity index (χ4v) is 3.36. The van der Waals surface area contributed by atoms with Gasteiger partial charge in [0.05, 0.1) is 0 Å². The van der Waals surface area contributed by atoms with Gasteiger partial charge in [0, 0.05) is 11.6 Å². The van der Waals surface area contributed by atoms with Crippen LogP contribution in [-0.2, 0) is 0 Å². The molecule has 0 spiro atoms. The minimum Gasteiger partial charge on any atom is -0.319 e. The number of hydrogen-bond acceptors (Lipinski definition) is 2. The van der Waals surface area contributed by atoms with Crippen molar-refractivity contribution in [1.82, 2.24) is 10.2 Å². The first-order valence-electron chi connectivity index (χ1n) is 7.51. The van der Waals surface area contributed by atoms with E-state index in [0.717, 1.165) is 38.9 Å². The van der Waals surface area contributed by atoms with Crippen LogP contribution in [0.3, 0.4) is 0 Å². The summed E-state index contributed by atoms with van der Waals surface area (Å²) in [5, 5.41) is 3.18. The van der Waals surface area contributed by atoms with Gasteiger partial charge in [-0.3, -0.25) is 4.90 Å². The zero-order valence-corrected chi connectivity index (χ0v) is 12.3. The van der Waals surface area contributed by atoms with Gasteiger partial charge in [-0.1, -0.05) is 19.4 Å². The number of likely N-dealkylation sites (tertiary alicyclic amines) is 1. The summed E-state index contributed by atoms with van der Waals surface area (Å²) in [4.78, 5) is 2.22. The molecule has 2 atom stereocenters. The summed E-state index contributed by atoms with van der Waals surface area (Å²) in [6.07, 6.45) is 3.23. The Morgan fingerprint density at radius 1 is 1.25 bits per heavy atom. The van der Waals surface area contributed by atoms with Gasteiger partial charge < -0.3 is 5.32 Å². The molecule has 4 heteroatoms. The number of halogens is 2. The maximum absolute atomic E-state index is 14.2. The van der Waals surface area contributed by atoms with Gasteiger partial charge in [-0.05, 0) is 57.6 Å². The first-order chi connectivity index (χ1) is 9.69. The molecule has 1 heterocycles. The lowest BCUT2D eigenvalue weighted by atomic mass is 9.88. The Balaban J connectivity index is 2.43. The van der Waals surface area contributed by atoms with Gasteiger partial charge in [-0.15, -0.1) is 0 Å². The topological polar surface area (TPSA) is 15.3 Å². The van der Waals surface area contributed by atoms with Gasteiger partial charge in [-0.25, -0.2) is 8.78 Å². The third-order valence-electron chi connectivity index (χ3n) is 4.28. The minimum atomic E-state index is -0.420. The van der Waals surface area contributed by atoms with Crippen LogP contribution in [0.5, 0.6) is 0 Å². The molecule has 0 saturated carbocycles. The lowest BCUT2D eigenvalue weighted by Crippen LogP contribution is -2.37. The minimum absolute atomic E-state index is 0.170. The van der Waals surface area contributed by atoms with E-state index >= 15 is 0 Å². The second kappa shape index (κ2) is 7.14. The van der Waals surface area contributed by atoms with Crippen LogP contribution in [0, 0.1) is 17.6 Å². The number of nitrogens with one attached hydrogen (secondary N) is 1. The Bertz CT molecular complexity index is 416. The van der Waals surface area contributed by atoms with Gasteiger partial charge in [0.15, 0.2) is 0 Å². The largest absolute Gasteiger partial charge is 0.319 e. The molecule has 2 nitrogen and oxygen atoms in total. The maximum atomic E-state index is 14.2. The Hall–Kier alpha value is -1.00. The third-order valence-corrected chi connectivity index (χ3v) is 4.28. The molecule has 1 aliphatic heterocycles. The van der Waals surface area contributed by atoms with Crippen LogP contribution in [0.15, 0.2) is 18.2 Å². The van der Waals surface area contributed by atoms with E-state index in [-0.39, 0.29) is 17.5 Å². The summed E-state index contributed by atoms with van der Waals surface area (Å²) in [6, 6.07) is 4.01. The fraction of sp³-hybridized carbons (Fsp3) is 0.625. The molecule has 1 saturated heterocycles. The number of hydrogen-bond donors (Lipinski definition) is 1. The summed E-state index contributed by atoms with van der Waals surface area (Å²) < 4.78 is 28.4. The van der Waals surface area contributed by atoms with Crippen LogP contribution in [0.4, 0.5) is 8.78 Å². The molecule has 1 aliphatic rings. The predicted molar refractivity (Wildman–Crippen MR) is 77.6 cm³/mol. The summed E-state index contributed by atoms with van der Waals surface area (Å²) in [5.41, 5.74) is 0.247. The Morgan fingerprint density at radius 3 is 2.55 bits per heavy atom. The molecular weight excluding hydrogens is 258 g/mol. The van der Waals surface area contributed by atoms with E-state index in [1.54, 1.807) is 0 Å². The molecule has 1 fully saturated rings. The first-order valence-corrected chi connectivity index (χ1v) is 7.51. The molecule has 2 unspecified atom stereocenters. The van der Waals surface area contributed by atoms with E-state index in [4.69, 9.17) is 0 Å². The van der Waals surface area contributed by atoms with Crippen LogP contribution in [-0.4, -0.2) is 31.6 Å². The molecule has 0 aliphatic carbocycles. The van der Waals surface area contributed by atoms with Crippen molar-refractivity contribution in [2.24, 2.45) is 5.92 Å². The van der Waals surface area contributed by atoms with Crippen LogP contribution in [0.1, 0.15) is 37.8 Å². The van der Waals surface area contributed by atoms with Crippen molar-refractivity contribution in [3.8, 4) is 0 Å². The number of benzene rings is 1. The number of nitrogens with zero attached hydrogens (tertiary/aromatic N) is 1. The van der Waals surface area contributed by atoms with Crippen LogP contribution in [0.2, 0.25) is 0 Å². The summed E-state index contributed by atoms with van der Waals surface area (Å²) in [7, 11) is 1.90. The lowest BCUT2D eigenvalue weighted by Gasteiger charge is -2.35. The van der Waals surface area contributed by atoms with E-state index in [1.165, 1.54) is 18.2 Å². The van der Waals surface area contributed by atoms with Crippen molar-refractivity contribution in [2.45, 2.75) is 32.2 Å². The highest BCUT2D eigenvalue weighted by Crippen LogP contribution is 2.37. The Labute approximate surface area is 120 Å². The smallest absolute Gasteiger partial charge is 0.130 e. The molecule has 1 aromatic carbocycles. The van der Waals surface area contributed by atoms with E-state index in [1.807, 2.05) is 7.05 Å². The average molecular weight is 282 g/mol. The van der Waals surface area contributed by atoms with Crippen molar-refractivity contribution in [3.63, 3.8) is 0 Å². The molecule has 112 valence electrons. The van der Waals surface area contributed by atoms with Crippen LogP contribution >= 0.6 is 0 Å². The molecule has 1 N–H and O–H groups in total. The fourth-order valence-electron chi connectivity index (χ4n) is 3.36. The van der Waals surface area contributed by atoms with E-state index in [0.29, 0.717) is 0 Å². The standard InChI is InChI=1S/C16H24F2N2/c1-3-20-10-5-4-7-12(11-19-2)16(20)15-13(17)8-6-9-14(15)18/h6,8-9,12,16,19H,3-5,7,10-11H2,1-2H3. The zero-order chi connectivity index (χ0) is 14.5. The molecule has 0 amide bonds. The quantitative estimate of drug-likeness (QED) is 0.911. The van der Waals surface area contributed by atoms with E-state index < -0.39 is 11.6 Å². The molecule has 0 bridgehead atoms. The van der Waals surface area contributed by atoms with Crippen LogP contribution < -0.4 is 5.32 Å². The molecule has 0 radical (unpaired) electrons. The predicted octanol–water partition coefficient (Wildman–Crippen LogP) is 3.35. The first kappa shape index (κ1) is 15.4. The monoisotopic (exact) mass is 282 g/mol. The summed E-state index contributed by atoms with van der Waals surface area (Å²) >= 11 is 0. The second-order valence-corrected chi connectivity index (χ2v) is 5.52. The average Bonchev–Trinajstić information content (AvgIpc) is 2.62. The molecule has 0 aromatic heterocycles. The summed E-state index contributed by atoms with van der Waals surface area (Å²) in [6.45, 7) is 4.58. The highest BCUT2D eigenvalue weighted by molar-refractivity contribution is 5.24. The van der Waals surface area contributed by atoms with Crippen molar-refractivity contribution in [2.75, 3.05) is 26.7 Å². The van der Waals surface area contributed by atoms with Crippen molar-refractivity contribution < 1.29 is 8.78 Å². The van der Waals surface area contributed by atoms with Gasteiger partial charge in [-0.2, -0.15) is 0 Å². The normalized spacial score (nSPS) is 24.6. The van der Waals surface area contributed by atoms with Gasteiger partial charge in [0.25, 0.3) is 0 Å². The Kier molecular flexibility index (Phi) is 5.49. The highest BCUT2D eigenvalue weighted by Gasteiger charge is 2.33. The SMILES string of the molecule is CCN1CCCCC(CNC)C1c1c(F)cccc1F. The van der Waals surface area contributed by atoms with Crippen LogP contribution in [0.25, 0.3) is 0 Å². The van der Waals surface area contributed by atoms with Crippen molar-refractivity contribution in [1.29, 1.82) is 0 Å². The van der Waals surface area contributed by atoms with Crippen molar-refractivity contribution in [3.05, 3.63) is 35.4 Å². The lowest BCUT2D eigenvalue weighted by molar-refractivity contribution is 0.154. The zero-order valence-electron chi connectivity index (χ0n) is 12.3. The van der Waals surface area contributed by atoms with Gasteiger partial charge in [0.2, 0.25) is 0 Å². The number of rotatable bonds is 4. The third kappa shape index (κ3) is 3.18. The van der Waals surface area contributed by atoms with E-state index in [2.05, 4.69) is 17.1 Å². The van der Waals surface area contributed by atoms with E-state index in [9.17, 15) is 8.78 Å². The Morgan fingerprint density at radius 2 is 1.95 bits per heavy atom. The second-order valence-electron chi connectivity index (χ2n) is 5.52. The molecular formula is C16H24F2N2. The molecule has 20 heavy (non-hydrogen) atoms. The molecule has 2 rings (SSSR count). The highest BCUT2D eigenvalue weighted by atomic mass is 19.1. The van der Waals surface area contributed by atoms with Gasteiger partial charge in [0.1, 0.15) is 11.6 Å². The maximum Gasteiger partial charge on any atom is 0.130 e. The summed E-state index contributed by atoms with van der Waals surface area (Å²) in [5.74, 6) is -0.596. The van der Waals surface area contributed by atoms with Crippen molar-refractivity contribution >= 4 is 0 Å². The van der Waals surface area contributed by atoms with Gasteiger partial charge >= 0.3 is 0 Å².